The summed E-state index contributed by atoms with van der Waals surface area (Å²) in [6, 6.07) is 26.3. The molecule has 0 atom stereocenters. The van der Waals surface area contributed by atoms with Crippen LogP contribution in [0.4, 0.5) is 5.69 Å². The van der Waals surface area contributed by atoms with Gasteiger partial charge >= 0.3 is 0 Å². The van der Waals surface area contributed by atoms with Crippen LogP contribution in [0.2, 0.25) is 5.02 Å². The van der Waals surface area contributed by atoms with Crippen molar-refractivity contribution in [1.82, 2.24) is 0 Å². The van der Waals surface area contributed by atoms with E-state index in [4.69, 9.17) is 21.6 Å². The van der Waals surface area contributed by atoms with E-state index in [1.165, 1.54) is 4.90 Å². The first-order valence-electron chi connectivity index (χ1n) is 8.39. The number of anilines is 1. The smallest absolute Gasteiger partial charge is 0.265 e. The van der Waals surface area contributed by atoms with Crippen molar-refractivity contribution >= 4 is 23.2 Å². The van der Waals surface area contributed by atoms with Gasteiger partial charge in [-0.25, -0.2) is 0 Å². The lowest BCUT2D eigenvalue weighted by molar-refractivity contribution is -0.120. The van der Waals surface area contributed by atoms with Gasteiger partial charge in [0.15, 0.2) is 6.61 Å². The van der Waals surface area contributed by atoms with Gasteiger partial charge in [0, 0.05) is 5.69 Å². The normalized spacial score (nSPS) is 10.1. The number of ether oxygens (including phenoxy) is 1. The van der Waals surface area contributed by atoms with Crippen LogP contribution in [0.15, 0.2) is 78.9 Å². The van der Waals surface area contributed by atoms with Crippen LogP contribution in [-0.2, 0) is 4.79 Å². The minimum absolute atomic E-state index is 0.0487. The molecule has 0 aromatic heterocycles. The molecular formula is C22H17ClN2O2. The van der Waals surface area contributed by atoms with Gasteiger partial charge in [0.05, 0.1) is 11.1 Å². The Morgan fingerprint density at radius 2 is 1.63 bits per heavy atom. The zero-order valence-electron chi connectivity index (χ0n) is 14.5. The van der Waals surface area contributed by atoms with Gasteiger partial charge in [-0.1, -0.05) is 66.2 Å². The van der Waals surface area contributed by atoms with E-state index < -0.39 is 0 Å². The molecule has 134 valence electrons. The Labute approximate surface area is 163 Å². The van der Waals surface area contributed by atoms with Crippen molar-refractivity contribution in [1.29, 1.82) is 5.26 Å². The highest BCUT2D eigenvalue weighted by Gasteiger charge is 2.16. The zero-order valence-corrected chi connectivity index (χ0v) is 15.3. The fourth-order valence-corrected chi connectivity index (χ4v) is 2.88. The van der Waals surface area contributed by atoms with Gasteiger partial charge in [0.1, 0.15) is 12.3 Å². The number of amides is 1. The summed E-state index contributed by atoms with van der Waals surface area (Å²) in [5.41, 5.74) is 2.67. The number of benzene rings is 3. The third-order valence-corrected chi connectivity index (χ3v) is 4.28. The van der Waals surface area contributed by atoms with E-state index in [2.05, 4.69) is 0 Å². The summed E-state index contributed by atoms with van der Waals surface area (Å²) < 4.78 is 5.61. The number of nitrogens with zero attached hydrogens (tertiary/aromatic N) is 2. The van der Waals surface area contributed by atoms with Gasteiger partial charge in [-0.05, 0) is 35.4 Å². The van der Waals surface area contributed by atoms with E-state index in [0.717, 1.165) is 11.1 Å². The highest BCUT2D eigenvalue weighted by Crippen LogP contribution is 2.30. The molecule has 3 aromatic carbocycles. The van der Waals surface area contributed by atoms with Crippen LogP contribution in [0.25, 0.3) is 11.1 Å². The SMILES string of the molecule is N#CCN(C(=O)COc1ccc(-c2ccccc2)cc1Cl)c1ccccc1. The van der Waals surface area contributed by atoms with Gasteiger partial charge in [-0.2, -0.15) is 5.26 Å². The maximum absolute atomic E-state index is 12.5. The number of rotatable bonds is 6. The molecule has 1 amide bonds. The highest BCUT2D eigenvalue weighted by atomic mass is 35.5. The molecule has 0 fully saturated rings. The molecule has 0 bridgehead atoms. The number of hydrogen-bond donors (Lipinski definition) is 0. The summed E-state index contributed by atoms with van der Waals surface area (Å²) in [6.45, 7) is -0.256. The average Bonchev–Trinajstić information content (AvgIpc) is 2.72. The summed E-state index contributed by atoms with van der Waals surface area (Å²) in [4.78, 5) is 13.9. The minimum atomic E-state index is -0.314. The largest absolute Gasteiger partial charge is 0.482 e. The van der Waals surface area contributed by atoms with Crippen molar-refractivity contribution in [3.8, 4) is 22.9 Å². The van der Waals surface area contributed by atoms with E-state index in [1.807, 2.05) is 60.7 Å². The molecule has 0 heterocycles. The minimum Gasteiger partial charge on any atom is -0.482 e. The van der Waals surface area contributed by atoms with Crippen molar-refractivity contribution in [3.05, 3.63) is 83.9 Å². The molecule has 0 N–H and O–H groups in total. The second-order valence-corrected chi connectivity index (χ2v) is 6.18. The van der Waals surface area contributed by atoms with Crippen molar-refractivity contribution in [2.45, 2.75) is 0 Å². The van der Waals surface area contributed by atoms with Crippen LogP contribution in [0.3, 0.4) is 0 Å². The first kappa shape index (κ1) is 18.5. The molecule has 4 nitrogen and oxygen atoms in total. The summed E-state index contributed by atoms with van der Waals surface area (Å²) in [6.07, 6.45) is 0. The molecule has 0 spiro atoms. The standard InChI is InChI=1S/C22H17ClN2O2/c23-20-15-18(17-7-3-1-4-8-17)11-12-21(20)27-16-22(26)25(14-13-24)19-9-5-2-6-10-19/h1-12,15H,14,16H2. The Morgan fingerprint density at radius 3 is 2.26 bits per heavy atom. The quantitative estimate of drug-likeness (QED) is 0.572. The molecule has 5 heteroatoms. The Kier molecular flexibility index (Phi) is 6.09. The Balaban J connectivity index is 1.70. The number of halogens is 1. The molecule has 0 aliphatic carbocycles. The third-order valence-electron chi connectivity index (χ3n) is 3.99. The van der Waals surface area contributed by atoms with Crippen LogP contribution in [-0.4, -0.2) is 19.1 Å². The number of hydrogen-bond acceptors (Lipinski definition) is 3. The molecule has 0 aliphatic rings. The van der Waals surface area contributed by atoms with E-state index in [0.29, 0.717) is 16.5 Å². The summed E-state index contributed by atoms with van der Waals surface area (Å²) in [7, 11) is 0. The van der Waals surface area contributed by atoms with Gasteiger partial charge < -0.3 is 4.74 Å². The number of nitriles is 1. The lowest BCUT2D eigenvalue weighted by Gasteiger charge is -2.20. The van der Waals surface area contributed by atoms with Gasteiger partial charge in [-0.15, -0.1) is 0 Å². The fraction of sp³-hybridized carbons (Fsp3) is 0.0909. The molecule has 3 rings (SSSR count). The maximum atomic E-state index is 12.5. The molecule has 27 heavy (non-hydrogen) atoms. The fourth-order valence-electron chi connectivity index (χ4n) is 2.65. The van der Waals surface area contributed by atoms with Crippen molar-refractivity contribution in [2.75, 3.05) is 18.1 Å². The van der Waals surface area contributed by atoms with Crippen LogP contribution < -0.4 is 9.64 Å². The monoisotopic (exact) mass is 376 g/mol. The van der Waals surface area contributed by atoms with Crippen molar-refractivity contribution in [3.63, 3.8) is 0 Å². The van der Waals surface area contributed by atoms with E-state index in [-0.39, 0.29) is 19.1 Å². The molecule has 0 saturated carbocycles. The Bertz CT molecular complexity index is 953. The predicted molar refractivity (Wildman–Crippen MR) is 107 cm³/mol. The number of carbonyl (C=O) groups is 1. The lowest BCUT2D eigenvalue weighted by atomic mass is 10.1. The van der Waals surface area contributed by atoms with Gasteiger partial charge in [-0.3, -0.25) is 9.69 Å². The van der Waals surface area contributed by atoms with E-state index in [9.17, 15) is 4.79 Å². The third kappa shape index (κ3) is 4.66. The lowest BCUT2D eigenvalue weighted by Crippen LogP contribution is -2.35. The molecule has 0 aliphatic heterocycles. The van der Waals surface area contributed by atoms with Gasteiger partial charge in [0.25, 0.3) is 5.91 Å². The maximum Gasteiger partial charge on any atom is 0.265 e. The number of para-hydroxylation sites is 1. The second-order valence-electron chi connectivity index (χ2n) is 5.77. The van der Waals surface area contributed by atoms with E-state index in [1.54, 1.807) is 24.3 Å². The Hall–Kier alpha value is -3.29. The van der Waals surface area contributed by atoms with E-state index >= 15 is 0 Å². The molecular weight excluding hydrogens is 360 g/mol. The topological polar surface area (TPSA) is 53.3 Å². The van der Waals surface area contributed by atoms with Crippen LogP contribution >= 0.6 is 11.6 Å². The predicted octanol–water partition coefficient (Wildman–Crippen LogP) is 4.94. The Morgan fingerprint density at radius 1 is 0.963 bits per heavy atom. The number of carbonyl (C=O) groups excluding carboxylic acids is 1. The summed E-state index contributed by atoms with van der Waals surface area (Å²) in [5, 5.41) is 9.44. The zero-order chi connectivity index (χ0) is 19.1. The molecule has 0 unspecified atom stereocenters. The first-order valence-corrected chi connectivity index (χ1v) is 8.77. The van der Waals surface area contributed by atoms with Crippen molar-refractivity contribution < 1.29 is 9.53 Å². The van der Waals surface area contributed by atoms with Crippen LogP contribution in [0.1, 0.15) is 0 Å². The van der Waals surface area contributed by atoms with Crippen molar-refractivity contribution in [2.24, 2.45) is 0 Å². The van der Waals surface area contributed by atoms with Crippen LogP contribution in [0.5, 0.6) is 5.75 Å². The van der Waals surface area contributed by atoms with Gasteiger partial charge in [0.2, 0.25) is 0 Å². The average molecular weight is 377 g/mol. The summed E-state index contributed by atoms with van der Waals surface area (Å²) >= 11 is 6.32. The summed E-state index contributed by atoms with van der Waals surface area (Å²) in [5.74, 6) is 0.112. The highest BCUT2D eigenvalue weighted by molar-refractivity contribution is 6.32. The van der Waals surface area contributed by atoms with Crippen LogP contribution in [0, 0.1) is 11.3 Å². The molecule has 0 radical (unpaired) electrons. The molecule has 0 saturated heterocycles. The first-order chi connectivity index (χ1) is 13.2. The second kappa shape index (κ2) is 8.88. The molecule has 3 aromatic rings.